The molecule has 2 aliphatic rings. The fraction of sp³-hybridized carbons (Fsp3) is 0.348. The quantitative estimate of drug-likeness (QED) is 0.745. The average molecular weight is 376 g/mol. The van der Waals surface area contributed by atoms with Crippen LogP contribution in [0.1, 0.15) is 54.5 Å². The van der Waals surface area contributed by atoms with Crippen molar-refractivity contribution in [1.29, 1.82) is 0 Å². The van der Waals surface area contributed by atoms with Crippen molar-refractivity contribution < 1.29 is 9.53 Å². The summed E-state index contributed by atoms with van der Waals surface area (Å²) < 4.78 is 6.90. The molecule has 2 unspecified atom stereocenters. The third kappa shape index (κ3) is 2.82. The van der Waals surface area contributed by atoms with Gasteiger partial charge in [0.1, 0.15) is 11.2 Å². The Morgan fingerprint density at radius 1 is 1.32 bits per heavy atom. The van der Waals surface area contributed by atoms with E-state index in [-0.39, 0.29) is 17.6 Å². The zero-order chi connectivity index (χ0) is 19.9. The second-order valence-electron chi connectivity index (χ2n) is 7.37. The molecule has 144 valence electrons. The van der Waals surface area contributed by atoms with Crippen LogP contribution >= 0.6 is 0 Å². The lowest BCUT2D eigenvalue weighted by Crippen LogP contribution is -2.33. The van der Waals surface area contributed by atoms with Crippen molar-refractivity contribution in [2.45, 2.75) is 39.7 Å². The molecule has 5 heteroatoms. The van der Waals surface area contributed by atoms with Crippen LogP contribution in [0.5, 0.6) is 0 Å². The fourth-order valence-electron chi connectivity index (χ4n) is 3.97. The van der Waals surface area contributed by atoms with Gasteiger partial charge in [0.05, 0.1) is 18.3 Å². The van der Waals surface area contributed by atoms with Crippen molar-refractivity contribution in [2.75, 3.05) is 6.61 Å². The number of fused-ring (bicyclic) bond motifs is 3. The standard InChI is InChI=1S/C23H24N2O3/c1-4-17-18(11-10-16-9-7-6-8-15(16)3)24-20-12-13-23(22(27)28-5-2)14-19(23)25(20)21(17)26/h6-13,19H,4-5,14H2,1-3H3/b11-10+. The largest absolute Gasteiger partial charge is 0.465 e. The van der Waals surface area contributed by atoms with E-state index in [0.717, 1.165) is 5.56 Å². The van der Waals surface area contributed by atoms with Gasteiger partial charge >= 0.3 is 5.97 Å². The number of carbonyl (C=O) groups excluding carboxylic acids is 1. The first-order chi connectivity index (χ1) is 13.5. The summed E-state index contributed by atoms with van der Waals surface area (Å²) in [4.78, 5) is 30.3. The Bertz CT molecular complexity index is 1060. The predicted octanol–water partition coefficient (Wildman–Crippen LogP) is 3.81. The molecule has 0 spiro atoms. The molecule has 1 aliphatic carbocycles. The first-order valence-electron chi connectivity index (χ1n) is 9.77. The second-order valence-corrected chi connectivity index (χ2v) is 7.37. The minimum absolute atomic E-state index is 0.0579. The van der Waals surface area contributed by atoms with E-state index >= 15 is 0 Å². The van der Waals surface area contributed by atoms with Gasteiger partial charge in [-0.15, -0.1) is 0 Å². The van der Waals surface area contributed by atoms with Crippen molar-refractivity contribution in [3.63, 3.8) is 0 Å². The maximum absolute atomic E-state index is 13.2. The molecular weight excluding hydrogens is 352 g/mol. The van der Waals surface area contributed by atoms with E-state index in [9.17, 15) is 9.59 Å². The SMILES string of the molecule is CCOC(=O)C12C=Cc3nc(/C=C/c4ccccc4C)c(CC)c(=O)n3C1C2. The van der Waals surface area contributed by atoms with Gasteiger partial charge in [-0.2, -0.15) is 0 Å². The van der Waals surface area contributed by atoms with Crippen molar-refractivity contribution in [2.24, 2.45) is 5.41 Å². The molecule has 2 aromatic rings. The zero-order valence-electron chi connectivity index (χ0n) is 16.4. The molecule has 1 aliphatic heterocycles. The second kappa shape index (κ2) is 6.89. The highest BCUT2D eigenvalue weighted by molar-refractivity contribution is 5.86. The van der Waals surface area contributed by atoms with Gasteiger partial charge in [-0.3, -0.25) is 14.2 Å². The normalized spacial score (nSPS) is 22.0. The van der Waals surface area contributed by atoms with Crippen LogP contribution in [0.2, 0.25) is 0 Å². The van der Waals surface area contributed by atoms with Crippen LogP contribution in [0.4, 0.5) is 0 Å². The molecular formula is C23H24N2O3. The van der Waals surface area contributed by atoms with Crippen LogP contribution in [0.15, 0.2) is 35.1 Å². The summed E-state index contributed by atoms with van der Waals surface area (Å²) in [7, 11) is 0. The third-order valence-corrected chi connectivity index (χ3v) is 5.69. The van der Waals surface area contributed by atoms with E-state index in [1.165, 1.54) is 5.56 Å². The highest BCUT2D eigenvalue weighted by atomic mass is 16.5. The topological polar surface area (TPSA) is 61.2 Å². The van der Waals surface area contributed by atoms with Crippen LogP contribution in [0.3, 0.4) is 0 Å². The van der Waals surface area contributed by atoms with Crippen molar-refractivity contribution >= 4 is 24.2 Å². The van der Waals surface area contributed by atoms with Crippen molar-refractivity contribution in [3.05, 3.63) is 68.9 Å². The number of hydrogen-bond donors (Lipinski definition) is 0. The summed E-state index contributed by atoms with van der Waals surface area (Å²) in [6.07, 6.45) is 8.74. The maximum Gasteiger partial charge on any atom is 0.318 e. The molecule has 0 saturated heterocycles. The molecule has 4 rings (SSSR count). The van der Waals surface area contributed by atoms with Gasteiger partial charge in [-0.1, -0.05) is 43.3 Å². The van der Waals surface area contributed by atoms with Gasteiger partial charge in [0.2, 0.25) is 0 Å². The summed E-state index contributed by atoms with van der Waals surface area (Å²) in [6.45, 7) is 6.15. The summed E-state index contributed by atoms with van der Waals surface area (Å²) in [5.74, 6) is 0.351. The highest BCUT2D eigenvalue weighted by Crippen LogP contribution is 2.60. The zero-order valence-corrected chi connectivity index (χ0v) is 16.4. The van der Waals surface area contributed by atoms with Gasteiger partial charge in [0, 0.05) is 5.56 Å². The lowest BCUT2D eigenvalue weighted by Gasteiger charge is -2.20. The molecule has 0 bridgehead atoms. The van der Waals surface area contributed by atoms with E-state index in [1.54, 1.807) is 17.6 Å². The minimum Gasteiger partial charge on any atom is -0.465 e. The van der Waals surface area contributed by atoms with Gasteiger partial charge in [0.25, 0.3) is 5.56 Å². The highest BCUT2D eigenvalue weighted by Gasteiger charge is 2.63. The van der Waals surface area contributed by atoms with Crippen molar-refractivity contribution in [3.8, 4) is 0 Å². The first kappa shape index (κ1) is 18.4. The molecule has 0 N–H and O–H groups in total. The summed E-state index contributed by atoms with van der Waals surface area (Å²) in [5, 5.41) is 0. The maximum atomic E-state index is 13.2. The molecule has 2 atom stereocenters. The monoisotopic (exact) mass is 376 g/mol. The van der Waals surface area contributed by atoms with E-state index in [2.05, 4.69) is 13.0 Å². The lowest BCUT2D eigenvalue weighted by molar-refractivity contribution is -0.148. The number of ether oxygens (including phenoxy) is 1. The van der Waals surface area contributed by atoms with Crippen LogP contribution in [0.25, 0.3) is 18.2 Å². The molecule has 0 radical (unpaired) electrons. The Morgan fingerprint density at radius 2 is 2.11 bits per heavy atom. The van der Waals surface area contributed by atoms with Crippen LogP contribution in [-0.4, -0.2) is 22.1 Å². The van der Waals surface area contributed by atoms with Crippen molar-refractivity contribution in [1.82, 2.24) is 9.55 Å². The van der Waals surface area contributed by atoms with E-state index in [1.807, 2.05) is 43.4 Å². The molecule has 1 fully saturated rings. The van der Waals surface area contributed by atoms with Crippen LogP contribution in [-0.2, 0) is 16.0 Å². The van der Waals surface area contributed by atoms with E-state index < -0.39 is 5.41 Å². The Labute approximate surface area is 164 Å². The number of aromatic nitrogens is 2. The average Bonchev–Trinajstić information content (AvgIpc) is 3.43. The number of esters is 1. The Balaban J connectivity index is 1.75. The number of nitrogens with zero attached hydrogens (tertiary/aromatic N) is 2. The minimum atomic E-state index is -0.696. The molecule has 0 amide bonds. The number of hydrogen-bond acceptors (Lipinski definition) is 4. The van der Waals surface area contributed by atoms with Gasteiger partial charge in [-0.25, -0.2) is 4.98 Å². The Morgan fingerprint density at radius 3 is 2.82 bits per heavy atom. The van der Waals surface area contributed by atoms with Crippen LogP contribution < -0.4 is 5.56 Å². The molecule has 5 nitrogen and oxygen atoms in total. The van der Waals surface area contributed by atoms with E-state index in [4.69, 9.17) is 9.72 Å². The van der Waals surface area contributed by atoms with Gasteiger partial charge in [-0.05, 0) is 50.0 Å². The third-order valence-electron chi connectivity index (χ3n) is 5.69. The predicted molar refractivity (Wildman–Crippen MR) is 110 cm³/mol. The molecule has 1 aromatic carbocycles. The molecule has 2 heterocycles. The molecule has 1 aromatic heterocycles. The van der Waals surface area contributed by atoms with Crippen LogP contribution in [0, 0.1) is 12.3 Å². The number of benzene rings is 1. The molecule has 28 heavy (non-hydrogen) atoms. The number of rotatable bonds is 5. The van der Waals surface area contributed by atoms with Gasteiger partial charge in [0.15, 0.2) is 0 Å². The first-order valence-corrected chi connectivity index (χ1v) is 9.77. The number of aryl methyl sites for hydroxylation is 1. The Kier molecular flexibility index (Phi) is 4.53. The summed E-state index contributed by atoms with van der Waals surface area (Å²) >= 11 is 0. The molecule has 1 saturated carbocycles. The van der Waals surface area contributed by atoms with Gasteiger partial charge < -0.3 is 4.74 Å². The Hall–Kier alpha value is -2.95. The fourth-order valence-corrected chi connectivity index (χ4v) is 3.97. The summed E-state index contributed by atoms with van der Waals surface area (Å²) in [6, 6.07) is 7.91. The summed E-state index contributed by atoms with van der Waals surface area (Å²) in [5.41, 5.74) is 2.88. The number of carbonyl (C=O) groups is 1. The van der Waals surface area contributed by atoms with E-state index in [0.29, 0.717) is 36.5 Å². The smallest absolute Gasteiger partial charge is 0.318 e. The lowest BCUT2D eigenvalue weighted by atomic mass is 10.0.